The zero-order valence-electron chi connectivity index (χ0n) is 14.6. The number of benzene rings is 1. The van der Waals surface area contributed by atoms with E-state index in [0.29, 0.717) is 10.9 Å². The Morgan fingerprint density at radius 2 is 1.77 bits per heavy atom. The predicted molar refractivity (Wildman–Crippen MR) is 95.3 cm³/mol. The molecule has 0 bridgehead atoms. The zero-order valence-corrected chi connectivity index (χ0v) is 14.6. The molecule has 2 fully saturated rings. The molecular weight excluding hydrogens is 341 g/mol. The summed E-state index contributed by atoms with van der Waals surface area (Å²) in [5, 5.41) is 4.14. The van der Waals surface area contributed by atoms with Gasteiger partial charge in [-0.1, -0.05) is 6.07 Å². The lowest BCUT2D eigenvalue weighted by Crippen LogP contribution is -2.45. The molecule has 0 aliphatic carbocycles. The Morgan fingerprint density at radius 1 is 1.04 bits per heavy atom. The highest BCUT2D eigenvalue weighted by atomic mass is 19.4. The molecule has 1 aromatic carbocycles. The van der Waals surface area contributed by atoms with Crippen LogP contribution in [0.2, 0.25) is 0 Å². The van der Waals surface area contributed by atoms with E-state index in [9.17, 15) is 13.2 Å². The molecule has 140 valence electrons. The van der Waals surface area contributed by atoms with Gasteiger partial charge in [0.1, 0.15) is 12.1 Å². The van der Waals surface area contributed by atoms with Crippen molar-refractivity contribution >= 4 is 16.7 Å². The maximum absolute atomic E-state index is 12.8. The van der Waals surface area contributed by atoms with Gasteiger partial charge in [-0.15, -0.1) is 0 Å². The van der Waals surface area contributed by atoms with Crippen molar-refractivity contribution in [2.24, 2.45) is 5.41 Å². The summed E-state index contributed by atoms with van der Waals surface area (Å²) in [6, 6.07) is 4.78. The summed E-state index contributed by atoms with van der Waals surface area (Å²) >= 11 is 0. The molecule has 1 aromatic heterocycles. The maximum atomic E-state index is 12.8. The standard InChI is InChI=1S/C19H23F3N4/c20-19(21,22)12-14-1-2-16-15(11-14)17(25-13-24-16)26-9-5-18(6-10-26)3-7-23-8-4-18/h1-2,11,13,23H,3-10,12H2. The number of rotatable bonds is 2. The van der Waals surface area contributed by atoms with Gasteiger partial charge in [0, 0.05) is 18.5 Å². The molecule has 2 aliphatic heterocycles. The largest absolute Gasteiger partial charge is 0.393 e. The molecule has 4 rings (SSSR count). The van der Waals surface area contributed by atoms with Gasteiger partial charge in [0.2, 0.25) is 0 Å². The van der Waals surface area contributed by atoms with E-state index in [1.54, 1.807) is 12.1 Å². The Kier molecular flexibility index (Phi) is 4.50. The number of anilines is 1. The molecular formula is C19H23F3N4. The van der Waals surface area contributed by atoms with Gasteiger partial charge < -0.3 is 10.2 Å². The number of halogens is 3. The normalized spacial score (nSPS) is 20.7. The van der Waals surface area contributed by atoms with E-state index in [0.717, 1.165) is 50.2 Å². The SMILES string of the molecule is FC(F)(F)Cc1ccc2ncnc(N3CCC4(CCNCC4)CC3)c2c1. The lowest BCUT2D eigenvalue weighted by molar-refractivity contribution is -0.127. The smallest absolute Gasteiger partial charge is 0.356 e. The lowest BCUT2D eigenvalue weighted by Gasteiger charge is -2.45. The van der Waals surface area contributed by atoms with Gasteiger partial charge in [0.05, 0.1) is 11.9 Å². The Bertz CT molecular complexity index is 774. The molecule has 2 saturated heterocycles. The van der Waals surface area contributed by atoms with E-state index in [1.165, 1.54) is 25.2 Å². The summed E-state index contributed by atoms with van der Waals surface area (Å²) in [5.74, 6) is 0.766. The number of nitrogens with one attached hydrogen (secondary N) is 1. The van der Waals surface area contributed by atoms with Crippen LogP contribution in [-0.2, 0) is 6.42 Å². The van der Waals surface area contributed by atoms with Gasteiger partial charge in [-0.3, -0.25) is 0 Å². The summed E-state index contributed by atoms with van der Waals surface area (Å²) in [6.07, 6.45) is 1.02. The zero-order chi connectivity index (χ0) is 18.2. The number of nitrogens with zero attached hydrogens (tertiary/aromatic N) is 3. The molecule has 0 radical (unpaired) electrons. The number of fused-ring (bicyclic) bond motifs is 1. The molecule has 2 aliphatic rings. The van der Waals surface area contributed by atoms with Crippen LogP contribution in [0.5, 0.6) is 0 Å². The van der Waals surface area contributed by atoms with Gasteiger partial charge in [0.15, 0.2) is 0 Å². The number of aromatic nitrogens is 2. The van der Waals surface area contributed by atoms with E-state index in [4.69, 9.17) is 0 Å². The van der Waals surface area contributed by atoms with Crippen molar-refractivity contribution in [1.82, 2.24) is 15.3 Å². The molecule has 1 spiro atoms. The Hall–Kier alpha value is -1.89. The Labute approximate surface area is 150 Å². The van der Waals surface area contributed by atoms with Crippen LogP contribution in [0.1, 0.15) is 31.2 Å². The first kappa shape index (κ1) is 17.5. The topological polar surface area (TPSA) is 41.1 Å². The van der Waals surface area contributed by atoms with Gasteiger partial charge in [-0.25, -0.2) is 9.97 Å². The van der Waals surface area contributed by atoms with Crippen LogP contribution >= 0.6 is 0 Å². The summed E-state index contributed by atoms with van der Waals surface area (Å²) in [5.41, 5.74) is 1.38. The van der Waals surface area contributed by atoms with Gasteiger partial charge >= 0.3 is 6.18 Å². The second kappa shape index (κ2) is 6.68. The molecule has 0 unspecified atom stereocenters. The number of hydrogen-bond acceptors (Lipinski definition) is 4. The molecule has 26 heavy (non-hydrogen) atoms. The van der Waals surface area contributed by atoms with Crippen LogP contribution in [0.4, 0.5) is 19.0 Å². The van der Waals surface area contributed by atoms with Crippen molar-refractivity contribution in [2.75, 3.05) is 31.1 Å². The Balaban J connectivity index is 1.59. The summed E-state index contributed by atoms with van der Waals surface area (Å²) in [4.78, 5) is 10.9. The minimum atomic E-state index is -4.21. The van der Waals surface area contributed by atoms with Crippen molar-refractivity contribution in [2.45, 2.75) is 38.3 Å². The van der Waals surface area contributed by atoms with Gasteiger partial charge in [0.25, 0.3) is 0 Å². The average molecular weight is 364 g/mol. The minimum Gasteiger partial charge on any atom is -0.356 e. The Morgan fingerprint density at radius 3 is 2.46 bits per heavy atom. The first-order chi connectivity index (χ1) is 12.4. The van der Waals surface area contributed by atoms with Gasteiger partial charge in [-0.05, 0) is 61.9 Å². The van der Waals surface area contributed by atoms with Crippen LogP contribution in [0, 0.1) is 5.41 Å². The molecule has 7 heteroatoms. The van der Waals surface area contributed by atoms with Crippen LogP contribution in [0.25, 0.3) is 10.9 Å². The van der Waals surface area contributed by atoms with Crippen LogP contribution in [-0.4, -0.2) is 42.3 Å². The fourth-order valence-corrected chi connectivity index (χ4v) is 4.33. The van der Waals surface area contributed by atoms with Crippen molar-refractivity contribution < 1.29 is 13.2 Å². The summed E-state index contributed by atoms with van der Waals surface area (Å²) < 4.78 is 38.3. The van der Waals surface area contributed by atoms with Gasteiger partial charge in [-0.2, -0.15) is 13.2 Å². The van der Waals surface area contributed by atoms with Crippen LogP contribution in [0.3, 0.4) is 0 Å². The first-order valence-corrected chi connectivity index (χ1v) is 9.20. The molecule has 0 saturated carbocycles. The van der Waals surface area contributed by atoms with Crippen LogP contribution < -0.4 is 10.2 Å². The first-order valence-electron chi connectivity index (χ1n) is 9.20. The molecule has 1 N–H and O–H groups in total. The van der Waals surface area contributed by atoms with E-state index < -0.39 is 12.6 Å². The summed E-state index contributed by atoms with van der Waals surface area (Å²) in [7, 11) is 0. The molecule has 0 atom stereocenters. The van der Waals surface area contributed by atoms with Crippen molar-refractivity contribution in [3.05, 3.63) is 30.1 Å². The van der Waals surface area contributed by atoms with Crippen molar-refractivity contribution in [3.8, 4) is 0 Å². The lowest BCUT2D eigenvalue weighted by atomic mass is 9.71. The monoisotopic (exact) mass is 364 g/mol. The average Bonchev–Trinajstić information content (AvgIpc) is 2.61. The number of piperidine rings is 2. The number of alkyl halides is 3. The highest BCUT2D eigenvalue weighted by Gasteiger charge is 2.36. The van der Waals surface area contributed by atoms with E-state index in [1.807, 2.05) is 0 Å². The van der Waals surface area contributed by atoms with Crippen molar-refractivity contribution in [1.29, 1.82) is 0 Å². The number of hydrogen-bond donors (Lipinski definition) is 1. The predicted octanol–water partition coefficient (Wildman–Crippen LogP) is 3.70. The highest BCUT2D eigenvalue weighted by molar-refractivity contribution is 5.89. The van der Waals surface area contributed by atoms with E-state index in [2.05, 4.69) is 20.2 Å². The third-order valence-electron chi connectivity index (χ3n) is 5.87. The van der Waals surface area contributed by atoms with Crippen molar-refractivity contribution in [3.63, 3.8) is 0 Å². The molecule has 4 nitrogen and oxygen atoms in total. The fraction of sp³-hybridized carbons (Fsp3) is 0.579. The highest BCUT2D eigenvalue weighted by Crippen LogP contribution is 2.41. The fourth-order valence-electron chi connectivity index (χ4n) is 4.33. The second-order valence-corrected chi connectivity index (χ2v) is 7.58. The van der Waals surface area contributed by atoms with E-state index >= 15 is 0 Å². The van der Waals surface area contributed by atoms with E-state index in [-0.39, 0.29) is 5.56 Å². The van der Waals surface area contributed by atoms with Crippen LogP contribution in [0.15, 0.2) is 24.5 Å². The quantitative estimate of drug-likeness (QED) is 0.882. The molecule has 0 amide bonds. The maximum Gasteiger partial charge on any atom is 0.393 e. The minimum absolute atomic E-state index is 0.257. The third-order valence-corrected chi connectivity index (χ3v) is 5.87. The third kappa shape index (κ3) is 3.63. The molecule has 2 aromatic rings. The summed E-state index contributed by atoms with van der Waals surface area (Å²) in [6.45, 7) is 3.96. The molecule has 3 heterocycles. The second-order valence-electron chi connectivity index (χ2n) is 7.58.